The van der Waals surface area contributed by atoms with Gasteiger partial charge in [0.25, 0.3) is 0 Å². The van der Waals surface area contributed by atoms with Crippen molar-refractivity contribution in [3.8, 4) is 0 Å². The van der Waals surface area contributed by atoms with Gasteiger partial charge in [-0.25, -0.2) is 0 Å². The molecule has 0 atom stereocenters. The van der Waals surface area contributed by atoms with E-state index >= 15 is 0 Å². The lowest BCUT2D eigenvalue weighted by atomic mass is 9.88. The molecule has 0 bridgehead atoms. The molecule has 82 valence electrons. The number of aliphatic hydroxyl groups is 1. The summed E-state index contributed by atoms with van der Waals surface area (Å²) >= 11 is 0. The van der Waals surface area contributed by atoms with Crippen molar-refractivity contribution in [3.05, 3.63) is 0 Å². The number of aliphatic hydroxyl groups excluding tert-OH is 1. The highest BCUT2D eigenvalue weighted by Gasteiger charge is 2.17. The third-order valence-electron chi connectivity index (χ3n) is 1.89. The third-order valence-corrected chi connectivity index (χ3v) is 1.89. The fourth-order valence-electron chi connectivity index (χ4n) is 0.796. The van der Waals surface area contributed by atoms with Gasteiger partial charge < -0.3 is 16.2 Å². The third kappa shape index (κ3) is 5.70. The summed E-state index contributed by atoms with van der Waals surface area (Å²) in [5.74, 6) is 0.485. The molecule has 0 heterocycles. The molecule has 0 saturated heterocycles. The molecule has 0 fully saturated rings. The second kappa shape index (κ2) is 5.75. The Morgan fingerprint density at radius 2 is 2.00 bits per heavy atom. The second-order valence-electron chi connectivity index (χ2n) is 4.36. The summed E-state index contributed by atoms with van der Waals surface area (Å²) in [6, 6.07) is 0. The van der Waals surface area contributed by atoms with Crippen LogP contribution in [0.3, 0.4) is 0 Å². The van der Waals surface area contributed by atoms with E-state index in [0.29, 0.717) is 30.9 Å². The van der Waals surface area contributed by atoms with Gasteiger partial charge >= 0.3 is 0 Å². The molecule has 0 aromatic rings. The number of nitrogens with two attached hydrogens (primary N) is 1. The molecule has 0 aliphatic rings. The minimum atomic E-state index is -0.142. The SMILES string of the molecule is CC(C)(C)C(=N)CC(N)=NCCCO. The van der Waals surface area contributed by atoms with E-state index in [0.717, 1.165) is 0 Å². The zero-order chi connectivity index (χ0) is 11.2. The second-order valence-corrected chi connectivity index (χ2v) is 4.36. The zero-order valence-electron chi connectivity index (χ0n) is 9.30. The molecule has 4 heteroatoms. The largest absolute Gasteiger partial charge is 0.396 e. The number of amidine groups is 1. The Morgan fingerprint density at radius 3 is 2.43 bits per heavy atom. The highest BCUT2D eigenvalue weighted by atomic mass is 16.3. The van der Waals surface area contributed by atoms with E-state index < -0.39 is 0 Å². The average molecular weight is 199 g/mol. The van der Waals surface area contributed by atoms with Crippen LogP contribution in [-0.2, 0) is 0 Å². The maximum atomic E-state index is 8.54. The minimum absolute atomic E-state index is 0.132. The van der Waals surface area contributed by atoms with Crippen LogP contribution in [-0.4, -0.2) is 29.8 Å². The predicted molar refractivity (Wildman–Crippen MR) is 60.0 cm³/mol. The van der Waals surface area contributed by atoms with Gasteiger partial charge in [-0.15, -0.1) is 0 Å². The van der Waals surface area contributed by atoms with Crippen LogP contribution in [0.4, 0.5) is 0 Å². The van der Waals surface area contributed by atoms with E-state index in [1.165, 1.54) is 0 Å². The number of hydrogen-bond donors (Lipinski definition) is 3. The Labute approximate surface area is 85.7 Å². The Balaban J connectivity index is 3.99. The van der Waals surface area contributed by atoms with Crippen LogP contribution in [0, 0.1) is 10.8 Å². The lowest BCUT2D eigenvalue weighted by Gasteiger charge is -2.19. The Morgan fingerprint density at radius 1 is 1.43 bits per heavy atom. The molecule has 4 nitrogen and oxygen atoms in total. The number of nitrogens with one attached hydrogen (secondary N) is 1. The first-order valence-electron chi connectivity index (χ1n) is 4.85. The molecule has 0 rings (SSSR count). The van der Waals surface area contributed by atoms with Crippen LogP contribution >= 0.6 is 0 Å². The van der Waals surface area contributed by atoms with Gasteiger partial charge in [0.2, 0.25) is 0 Å². The molecule has 0 saturated carbocycles. The molecular formula is C10H21N3O. The summed E-state index contributed by atoms with van der Waals surface area (Å²) < 4.78 is 0. The Kier molecular flexibility index (Phi) is 5.38. The normalized spacial score (nSPS) is 13.0. The van der Waals surface area contributed by atoms with E-state index in [4.69, 9.17) is 16.2 Å². The van der Waals surface area contributed by atoms with E-state index in [1.807, 2.05) is 20.8 Å². The van der Waals surface area contributed by atoms with Crippen molar-refractivity contribution >= 4 is 11.5 Å². The van der Waals surface area contributed by atoms with Crippen LogP contribution < -0.4 is 5.73 Å². The fourth-order valence-corrected chi connectivity index (χ4v) is 0.796. The Hall–Kier alpha value is -0.900. The summed E-state index contributed by atoms with van der Waals surface area (Å²) in [7, 11) is 0. The standard InChI is InChI=1S/C10H21N3O/c1-10(2,3)8(11)7-9(12)13-5-4-6-14/h11,14H,4-7H2,1-3H3,(H2,12,13). The van der Waals surface area contributed by atoms with Gasteiger partial charge in [-0.1, -0.05) is 20.8 Å². The van der Waals surface area contributed by atoms with Gasteiger partial charge in [0.1, 0.15) is 0 Å². The van der Waals surface area contributed by atoms with E-state index in [1.54, 1.807) is 0 Å². The number of aliphatic imine (C=N–C) groups is 1. The Bertz CT molecular complexity index is 216. The van der Waals surface area contributed by atoms with Gasteiger partial charge in [-0.05, 0) is 11.8 Å². The van der Waals surface area contributed by atoms with Gasteiger partial charge in [0.05, 0.1) is 5.84 Å². The molecule has 14 heavy (non-hydrogen) atoms. The minimum Gasteiger partial charge on any atom is -0.396 e. The molecule has 0 aromatic heterocycles. The number of rotatable bonds is 5. The van der Waals surface area contributed by atoms with Gasteiger partial charge in [0.15, 0.2) is 0 Å². The van der Waals surface area contributed by atoms with Crippen molar-refractivity contribution < 1.29 is 5.11 Å². The van der Waals surface area contributed by atoms with Gasteiger partial charge in [-0.2, -0.15) is 0 Å². The summed E-state index contributed by atoms with van der Waals surface area (Å²) in [5.41, 5.74) is 6.08. The highest BCUT2D eigenvalue weighted by Crippen LogP contribution is 2.16. The van der Waals surface area contributed by atoms with Crippen molar-refractivity contribution in [3.63, 3.8) is 0 Å². The quantitative estimate of drug-likeness (QED) is 0.353. The summed E-state index contributed by atoms with van der Waals surface area (Å²) in [4.78, 5) is 4.06. The fraction of sp³-hybridized carbons (Fsp3) is 0.800. The maximum Gasteiger partial charge on any atom is 0.0993 e. The molecule has 0 spiro atoms. The molecular weight excluding hydrogens is 178 g/mol. The zero-order valence-corrected chi connectivity index (χ0v) is 9.30. The lowest BCUT2D eigenvalue weighted by Crippen LogP contribution is -2.26. The van der Waals surface area contributed by atoms with Gasteiger partial charge in [0, 0.05) is 25.3 Å². The molecule has 4 N–H and O–H groups in total. The summed E-state index contributed by atoms with van der Waals surface area (Å²) in [6.07, 6.45) is 1.05. The summed E-state index contributed by atoms with van der Waals surface area (Å²) in [6.45, 7) is 6.62. The first-order valence-corrected chi connectivity index (χ1v) is 4.85. The molecule has 0 aromatic carbocycles. The lowest BCUT2D eigenvalue weighted by molar-refractivity contribution is 0.291. The van der Waals surface area contributed by atoms with Crippen LogP contribution in [0.5, 0.6) is 0 Å². The highest BCUT2D eigenvalue weighted by molar-refractivity contribution is 6.03. The average Bonchev–Trinajstić information content (AvgIpc) is 2.03. The summed E-state index contributed by atoms with van der Waals surface area (Å²) in [5, 5.41) is 16.3. The molecule has 0 unspecified atom stereocenters. The van der Waals surface area contributed by atoms with E-state index in [2.05, 4.69) is 4.99 Å². The van der Waals surface area contributed by atoms with Crippen LogP contribution in [0.25, 0.3) is 0 Å². The van der Waals surface area contributed by atoms with Crippen LogP contribution in [0.1, 0.15) is 33.6 Å². The van der Waals surface area contributed by atoms with Crippen molar-refractivity contribution in [1.82, 2.24) is 0 Å². The monoisotopic (exact) mass is 199 g/mol. The first-order chi connectivity index (χ1) is 6.38. The van der Waals surface area contributed by atoms with E-state index in [9.17, 15) is 0 Å². The number of nitrogens with zero attached hydrogens (tertiary/aromatic N) is 1. The molecule has 0 amide bonds. The van der Waals surface area contributed by atoms with Crippen LogP contribution in [0.2, 0.25) is 0 Å². The maximum absolute atomic E-state index is 8.54. The van der Waals surface area contributed by atoms with Gasteiger partial charge in [-0.3, -0.25) is 4.99 Å². The smallest absolute Gasteiger partial charge is 0.0993 e. The topological polar surface area (TPSA) is 82.5 Å². The number of hydrogen-bond acceptors (Lipinski definition) is 3. The molecule has 0 radical (unpaired) electrons. The van der Waals surface area contributed by atoms with Crippen molar-refractivity contribution in [2.45, 2.75) is 33.6 Å². The molecule has 0 aliphatic carbocycles. The first kappa shape index (κ1) is 13.1. The van der Waals surface area contributed by atoms with Crippen molar-refractivity contribution in [2.75, 3.05) is 13.2 Å². The van der Waals surface area contributed by atoms with Crippen molar-refractivity contribution in [2.24, 2.45) is 16.1 Å². The molecule has 0 aliphatic heterocycles. The van der Waals surface area contributed by atoms with Crippen LogP contribution in [0.15, 0.2) is 4.99 Å². The van der Waals surface area contributed by atoms with E-state index in [-0.39, 0.29) is 12.0 Å². The van der Waals surface area contributed by atoms with Crippen molar-refractivity contribution in [1.29, 1.82) is 5.41 Å². The predicted octanol–water partition coefficient (Wildman–Crippen LogP) is 1.18.